The number of phenols is 2. The Kier molecular flexibility index (Phi) is 4.93. The zero-order chi connectivity index (χ0) is 12.8. The molecule has 1 rings (SSSR count). The van der Waals surface area contributed by atoms with Gasteiger partial charge < -0.3 is 14.9 Å². The predicted octanol–water partition coefficient (Wildman–Crippen LogP) is 0.859. The minimum atomic E-state index is -0.282. The molecule has 1 aromatic carbocycles. The zero-order valence-corrected chi connectivity index (χ0v) is 10.0. The van der Waals surface area contributed by atoms with Gasteiger partial charge in [0.25, 0.3) is 0 Å². The summed E-state index contributed by atoms with van der Waals surface area (Å²) in [5.74, 6) is -0.622. The first-order valence-corrected chi connectivity index (χ1v) is 5.27. The number of hydrogen-bond acceptors (Lipinski definition) is 5. The number of ketones is 1. The summed E-state index contributed by atoms with van der Waals surface area (Å²) >= 11 is 0. The van der Waals surface area contributed by atoms with Crippen molar-refractivity contribution >= 4 is 5.78 Å². The third kappa shape index (κ3) is 4.05. The number of ether oxygens (including phenoxy) is 1. The fourth-order valence-corrected chi connectivity index (χ4v) is 1.36. The number of rotatable bonds is 6. The van der Waals surface area contributed by atoms with Crippen molar-refractivity contribution in [2.45, 2.75) is 0 Å². The van der Waals surface area contributed by atoms with Crippen LogP contribution in [0.15, 0.2) is 18.2 Å². The van der Waals surface area contributed by atoms with E-state index in [9.17, 15) is 9.90 Å². The van der Waals surface area contributed by atoms with E-state index in [0.717, 1.165) is 0 Å². The maximum absolute atomic E-state index is 11.8. The van der Waals surface area contributed by atoms with Crippen LogP contribution in [0, 0.1) is 0 Å². The third-order valence-electron chi connectivity index (χ3n) is 2.39. The molecule has 0 aliphatic heterocycles. The highest BCUT2D eigenvalue weighted by Crippen LogP contribution is 2.24. The summed E-state index contributed by atoms with van der Waals surface area (Å²) < 4.78 is 4.91. The Balaban J connectivity index is 2.60. The Morgan fingerprint density at radius 3 is 2.65 bits per heavy atom. The van der Waals surface area contributed by atoms with E-state index in [1.54, 1.807) is 7.11 Å². The van der Waals surface area contributed by atoms with Crippen LogP contribution in [0.25, 0.3) is 0 Å². The second-order valence-corrected chi connectivity index (χ2v) is 3.86. The molecule has 94 valence electrons. The molecule has 0 saturated heterocycles. The number of aromatic hydroxyl groups is 2. The van der Waals surface area contributed by atoms with E-state index in [4.69, 9.17) is 9.84 Å². The van der Waals surface area contributed by atoms with Crippen LogP contribution in [0.4, 0.5) is 0 Å². The molecule has 0 aliphatic carbocycles. The van der Waals surface area contributed by atoms with Crippen molar-refractivity contribution < 1.29 is 19.7 Å². The maximum atomic E-state index is 11.8. The second kappa shape index (κ2) is 6.22. The van der Waals surface area contributed by atoms with Crippen LogP contribution in [0.2, 0.25) is 0 Å². The van der Waals surface area contributed by atoms with Crippen LogP contribution >= 0.6 is 0 Å². The van der Waals surface area contributed by atoms with E-state index in [0.29, 0.717) is 18.7 Å². The molecule has 0 unspecified atom stereocenters. The quantitative estimate of drug-likeness (QED) is 0.569. The van der Waals surface area contributed by atoms with Gasteiger partial charge in [-0.1, -0.05) is 0 Å². The molecular formula is C12H17NO4. The van der Waals surface area contributed by atoms with Crippen molar-refractivity contribution in [2.24, 2.45) is 0 Å². The highest BCUT2D eigenvalue weighted by Gasteiger charge is 2.11. The number of Topliss-reactive ketones (excluding diaryl/α,β-unsaturated/α-hetero) is 1. The van der Waals surface area contributed by atoms with E-state index < -0.39 is 0 Å². The van der Waals surface area contributed by atoms with Crippen LogP contribution in [-0.4, -0.2) is 54.8 Å². The SMILES string of the molecule is COCCN(C)CC(=O)c1ccc(O)c(O)c1. The van der Waals surface area contributed by atoms with Gasteiger partial charge in [0.1, 0.15) is 0 Å². The molecule has 0 spiro atoms. The van der Waals surface area contributed by atoms with Crippen molar-refractivity contribution in [3.8, 4) is 11.5 Å². The number of carbonyl (C=O) groups excluding carboxylic acids is 1. The smallest absolute Gasteiger partial charge is 0.176 e. The molecule has 0 amide bonds. The highest BCUT2D eigenvalue weighted by molar-refractivity contribution is 5.98. The minimum Gasteiger partial charge on any atom is -0.504 e. The summed E-state index contributed by atoms with van der Waals surface area (Å²) in [5.41, 5.74) is 0.379. The van der Waals surface area contributed by atoms with Crippen molar-refractivity contribution in [3.63, 3.8) is 0 Å². The van der Waals surface area contributed by atoms with Gasteiger partial charge in [0, 0.05) is 19.2 Å². The number of likely N-dealkylation sites (N-methyl/N-ethyl adjacent to an activating group) is 1. The number of carbonyl (C=O) groups is 1. The Hall–Kier alpha value is -1.59. The molecule has 0 saturated carbocycles. The standard InChI is InChI=1S/C12H17NO4/c1-13(5-6-17-2)8-12(16)9-3-4-10(14)11(15)7-9/h3-4,7,14-15H,5-6,8H2,1-2H3. The molecule has 0 bridgehead atoms. The summed E-state index contributed by atoms with van der Waals surface area (Å²) in [6.07, 6.45) is 0. The van der Waals surface area contributed by atoms with E-state index in [1.807, 2.05) is 11.9 Å². The predicted molar refractivity (Wildman–Crippen MR) is 63.5 cm³/mol. The van der Waals surface area contributed by atoms with E-state index in [2.05, 4.69) is 0 Å². The number of nitrogens with zero attached hydrogens (tertiary/aromatic N) is 1. The lowest BCUT2D eigenvalue weighted by Gasteiger charge is -2.15. The first kappa shape index (κ1) is 13.5. The topological polar surface area (TPSA) is 70.0 Å². The molecule has 17 heavy (non-hydrogen) atoms. The Bertz CT molecular complexity index is 392. The van der Waals surface area contributed by atoms with E-state index >= 15 is 0 Å². The first-order chi connectivity index (χ1) is 8.04. The third-order valence-corrected chi connectivity index (χ3v) is 2.39. The second-order valence-electron chi connectivity index (χ2n) is 3.86. The van der Waals surface area contributed by atoms with Gasteiger partial charge in [0.15, 0.2) is 17.3 Å². The van der Waals surface area contributed by atoms with Gasteiger partial charge in [0.2, 0.25) is 0 Å². The molecule has 0 aliphatic rings. The lowest BCUT2D eigenvalue weighted by atomic mass is 10.1. The Labute approximate surface area is 100 Å². The molecule has 0 aromatic heterocycles. The van der Waals surface area contributed by atoms with E-state index in [-0.39, 0.29) is 23.8 Å². The van der Waals surface area contributed by atoms with Gasteiger partial charge in [-0.15, -0.1) is 0 Å². The largest absolute Gasteiger partial charge is 0.504 e. The first-order valence-electron chi connectivity index (χ1n) is 5.27. The monoisotopic (exact) mass is 239 g/mol. The molecule has 0 fully saturated rings. The molecule has 1 aromatic rings. The molecule has 2 N–H and O–H groups in total. The normalized spacial score (nSPS) is 10.8. The summed E-state index contributed by atoms with van der Waals surface area (Å²) in [4.78, 5) is 13.6. The molecular weight excluding hydrogens is 222 g/mol. The molecule has 0 radical (unpaired) electrons. The van der Waals surface area contributed by atoms with Crippen molar-refractivity contribution in [1.29, 1.82) is 0 Å². The Morgan fingerprint density at radius 1 is 1.35 bits per heavy atom. The average Bonchev–Trinajstić information content (AvgIpc) is 2.30. The molecule has 5 nitrogen and oxygen atoms in total. The van der Waals surface area contributed by atoms with Gasteiger partial charge in [-0.05, 0) is 25.2 Å². The van der Waals surface area contributed by atoms with Crippen molar-refractivity contribution in [3.05, 3.63) is 23.8 Å². The van der Waals surface area contributed by atoms with Gasteiger partial charge in [-0.25, -0.2) is 0 Å². The summed E-state index contributed by atoms with van der Waals surface area (Å²) in [6.45, 7) is 1.46. The van der Waals surface area contributed by atoms with Gasteiger partial charge in [-0.3, -0.25) is 9.69 Å². The van der Waals surface area contributed by atoms with Gasteiger partial charge in [0.05, 0.1) is 13.2 Å². The fourth-order valence-electron chi connectivity index (χ4n) is 1.36. The summed E-state index contributed by atoms with van der Waals surface area (Å²) in [5, 5.41) is 18.4. The fraction of sp³-hybridized carbons (Fsp3) is 0.417. The lowest BCUT2D eigenvalue weighted by molar-refractivity contribution is 0.0922. The van der Waals surface area contributed by atoms with Gasteiger partial charge >= 0.3 is 0 Å². The van der Waals surface area contributed by atoms with Crippen molar-refractivity contribution in [1.82, 2.24) is 4.90 Å². The number of phenolic OH excluding ortho intramolecular Hbond substituents is 2. The maximum Gasteiger partial charge on any atom is 0.176 e. The molecule has 5 heteroatoms. The van der Waals surface area contributed by atoms with Crippen LogP contribution in [0.1, 0.15) is 10.4 Å². The van der Waals surface area contributed by atoms with Gasteiger partial charge in [-0.2, -0.15) is 0 Å². The number of methoxy groups -OCH3 is 1. The lowest BCUT2D eigenvalue weighted by Crippen LogP contribution is -2.29. The highest BCUT2D eigenvalue weighted by atomic mass is 16.5. The summed E-state index contributed by atoms with van der Waals surface area (Å²) in [6, 6.07) is 4.06. The van der Waals surface area contributed by atoms with Crippen LogP contribution in [0.5, 0.6) is 11.5 Å². The van der Waals surface area contributed by atoms with Crippen molar-refractivity contribution in [2.75, 3.05) is 33.9 Å². The summed E-state index contributed by atoms with van der Waals surface area (Å²) in [7, 11) is 3.42. The Morgan fingerprint density at radius 2 is 2.06 bits per heavy atom. The molecule has 0 atom stereocenters. The van der Waals surface area contributed by atoms with Crippen LogP contribution in [0.3, 0.4) is 0 Å². The minimum absolute atomic E-state index is 0.112. The zero-order valence-electron chi connectivity index (χ0n) is 10.0. The van der Waals surface area contributed by atoms with E-state index in [1.165, 1.54) is 18.2 Å². The molecule has 0 heterocycles. The van der Waals surface area contributed by atoms with Crippen LogP contribution in [-0.2, 0) is 4.74 Å². The van der Waals surface area contributed by atoms with Crippen LogP contribution < -0.4 is 0 Å². The number of hydrogen-bond donors (Lipinski definition) is 2. The average molecular weight is 239 g/mol. The number of benzene rings is 1.